The van der Waals surface area contributed by atoms with E-state index in [4.69, 9.17) is 16.7 Å². The van der Waals surface area contributed by atoms with Gasteiger partial charge >= 0.3 is 0 Å². The van der Waals surface area contributed by atoms with E-state index < -0.39 is 0 Å². The number of aliphatic hydroxyl groups is 1. The van der Waals surface area contributed by atoms with Gasteiger partial charge in [-0.05, 0) is 21.5 Å². The highest BCUT2D eigenvalue weighted by Crippen LogP contribution is 2.26. The molecule has 82 valence electrons. The predicted molar refractivity (Wildman–Crippen MR) is 66.1 cm³/mol. The average Bonchev–Trinajstić information content (AvgIpc) is 2.32. The van der Waals surface area contributed by atoms with Gasteiger partial charge in [0.1, 0.15) is 0 Å². The number of nitrogens with zero attached hydrogens (tertiary/aromatic N) is 2. The van der Waals surface area contributed by atoms with E-state index in [1.165, 1.54) is 0 Å². The van der Waals surface area contributed by atoms with Gasteiger partial charge in [0.25, 0.3) is 0 Å². The molecule has 0 atom stereocenters. The summed E-state index contributed by atoms with van der Waals surface area (Å²) in [4.78, 5) is 8.14. The summed E-state index contributed by atoms with van der Waals surface area (Å²) in [6.45, 7) is 0.0292. The highest BCUT2D eigenvalue weighted by atomic mass is 79.9. The van der Waals surface area contributed by atoms with Crippen LogP contribution in [-0.4, -0.2) is 15.1 Å². The van der Waals surface area contributed by atoms with Crippen molar-refractivity contribution in [2.24, 2.45) is 0 Å². The van der Waals surface area contributed by atoms with Crippen molar-refractivity contribution in [3.05, 3.63) is 45.8 Å². The molecular formula is C11H8BrClN2O. The second-order valence-electron chi connectivity index (χ2n) is 3.19. The van der Waals surface area contributed by atoms with Crippen molar-refractivity contribution in [1.82, 2.24) is 9.97 Å². The van der Waals surface area contributed by atoms with Crippen LogP contribution in [0.25, 0.3) is 11.3 Å². The third kappa shape index (κ3) is 2.40. The zero-order valence-corrected chi connectivity index (χ0v) is 10.5. The van der Waals surface area contributed by atoms with Gasteiger partial charge in [0, 0.05) is 5.56 Å². The molecule has 16 heavy (non-hydrogen) atoms. The molecule has 2 rings (SSSR count). The van der Waals surface area contributed by atoms with Crippen LogP contribution < -0.4 is 0 Å². The Morgan fingerprint density at radius 1 is 1.25 bits per heavy atom. The second-order valence-corrected chi connectivity index (χ2v) is 4.31. The molecule has 0 aliphatic rings. The van der Waals surface area contributed by atoms with E-state index >= 15 is 0 Å². The molecule has 0 radical (unpaired) electrons. The fourth-order valence-electron chi connectivity index (χ4n) is 1.32. The van der Waals surface area contributed by atoms with Crippen molar-refractivity contribution < 1.29 is 5.11 Å². The van der Waals surface area contributed by atoms with E-state index in [9.17, 15) is 0 Å². The van der Waals surface area contributed by atoms with Gasteiger partial charge in [0.05, 0.1) is 23.5 Å². The standard InChI is InChI=1S/C11H8BrClN2O/c12-11-14-5-9(13)10(15-11)8-3-1-7(6-16)2-4-8/h1-5,16H,6H2. The minimum Gasteiger partial charge on any atom is -0.392 e. The molecule has 1 N–H and O–H groups in total. The number of aliphatic hydroxyl groups excluding tert-OH is 1. The number of hydrogen-bond donors (Lipinski definition) is 1. The predicted octanol–water partition coefficient (Wildman–Crippen LogP) is 3.05. The van der Waals surface area contributed by atoms with Crippen LogP contribution >= 0.6 is 27.5 Å². The quantitative estimate of drug-likeness (QED) is 0.867. The molecule has 3 nitrogen and oxygen atoms in total. The van der Waals surface area contributed by atoms with E-state index in [0.29, 0.717) is 15.5 Å². The van der Waals surface area contributed by atoms with Gasteiger partial charge in [-0.1, -0.05) is 35.9 Å². The van der Waals surface area contributed by atoms with E-state index in [1.54, 1.807) is 6.20 Å². The first kappa shape index (κ1) is 11.5. The molecule has 0 fully saturated rings. The Hall–Kier alpha value is -0.970. The second kappa shape index (κ2) is 4.91. The molecule has 0 saturated heterocycles. The molecule has 1 aromatic carbocycles. The van der Waals surface area contributed by atoms with Gasteiger partial charge in [-0.3, -0.25) is 0 Å². The molecule has 1 heterocycles. The molecule has 0 saturated carbocycles. The Morgan fingerprint density at radius 2 is 1.94 bits per heavy atom. The van der Waals surface area contributed by atoms with Gasteiger partial charge in [-0.15, -0.1) is 0 Å². The minimum atomic E-state index is 0.0292. The lowest BCUT2D eigenvalue weighted by atomic mass is 10.1. The maximum Gasteiger partial charge on any atom is 0.197 e. The number of hydrogen-bond acceptors (Lipinski definition) is 3. The summed E-state index contributed by atoms with van der Waals surface area (Å²) in [5, 5.41) is 9.44. The molecule has 0 aliphatic carbocycles. The van der Waals surface area contributed by atoms with Gasteiger partial charge in [-0.25, -0.2) is 9.97 Å². The molecule has 0 bridgehead atoms. The number of rotatable bonds is 2. The highest BCUT2D eigenvalue weighted by Gasteiger charge is 2.06. The van der Waals surface area contributed by atoms with Crippen LogP contribution in [0.3, 0.4) is 0 Å². The Morgan fingerprint density at radius 3 is 2.56 bits per heavy atom. The zero-order valence-electron chi connectivity index (χ0n) is 8.19. The van der Waals surface area contributed by atoms with Crippen molar-refractivity contribution in [3.63, 3.8) is 0 Å². The number of aromatic nitrogens is 2. The summed E-state index contributed by atoms with van der Waals surface area (Å²) in [7, 11) is 0. The van der Waals surface area contributed by atoms with Crippen molar-refractivity contribution in [2.45, 2.75) is 6.61 Å². The first-order valence-corrected chi connectivity index (χ1v) is 5.76. The molecule has 0 unspecified atom stereocenters. The first-order chi connectivity index (χ1) is 7.70. The Bertz CT molecular complexity index is 502. The Kier molecular flexibility index (Phi) is 3.53. The van der Waals surface area contributed by atoms with Crippen LogP contribution in [-0.2, 0) is 6.61 Å². The van der Waals surface area contributed by atoms with E-state index in [2.05, 4.69) is 25.9 Å². The Labute approximate surface area is 106 Å². The third-order valence-electron chi connectivity index (χ3n) is 2.12. The summed E-state index contributed by atoms with van der Waals surface area (Å²) < 4.78 is 0.498. The lowest BCUT2D eigenvalue weighted by Gasteiger charge is -2.04. The fraction of sp³-hybridized carbons (Fsp3) is 0.0909. The molecule has 0 amide bonds. The lowest BCUT2D eigenvalue weighted by Crippen LogP contribution is -1.90. The van der Waals surface area contributed by atoms with E-state index in [0.717, 1.165) is 11.1 Å². The minimum absolute atomic E-state index is 0.0292. The third-order valence-corrected chi connectivity index (χ3v) is 2.78. The molecule has 5 heteroatoms. The zero-order chi connectivity index (χ0) is 11.5. The Balaban J connectivity index is 2.45. The van der Waals surface area contributed by atoms with Gasteiger partial charge < -0.3 is 5.11 Å². The van der Waals surface area contributed by atoms with E-state index in [1.807, 2.05) is 24.3 Å². The molecule has 2 aromatic rings. The number of benzene rings is 1. The SMILES string of the molecule is OCc1ccc(-c2nc(Br)ncc2Cl)cc1. The van der Waals surface area contributed by atoms with Gasteiger partial charge in [-0.2, -0.15) is 0 Å². The topological polar surface area (TPSA) is 46.0 Å². The average molecular weight is 300 g/mol. The van der Waals surface area contributed by atoms with Crippen LogP contribution in [0.2, 0.25) is 5.02 Å². The van der Waals surface area contributed by atoms with Crippen LogP contribution in [0.15, 0.2) is 35.2 Å². The normalized spacial score (nSPS) is 10.4. The molecular weight excluding hydrogens is 291 g/mol. The van der Waals surface area contributed by atoms with E-state index in [-0.39, 0.29) is 6.61 Å². The van der Waals surface area contributed by atoms with Gasteiger partial charge in [0.2, 0.25) is 0 Å². The van der Waals surface area contributed by atoms with Crippen molar-refractivity contribution in [2.75, 3.05) is 0 Å². The summed E-state index contributed by atoms with van der Waals surface area (Å²) in [6, 6.07) is 7.40. The van der Waals surface area contributed by atoms with Crippen LogP contribution in [0, 0.1) is 0 Å². The largest absolute Gasteiger partial charge is 0.392 e. The summed E-state index contributed by atoms with van der Waals surface area (Å²) in [6.07, 6.45) is 1.55. The number of halogens is 2. The molecule has 0 aliphatic heterocycles. The lowest BCUT2D eigenvalue weighted by molar-refractivity contribution is 0.282. The highest BCUT2D eigenvalue weighted by molar-refractivity contribution is 9.10. The monoisotopic (exact) mass is 298 g/mol. The van der Waals surface area contributed by atoms with Crippen LogP contribution in [0.1, 0.15) is 5.56 Å². The molecule has 1 aromatic heterocycles. The maximum absolute atomic E-state index is 8.94. The fourth-order valence-corrected chi connectivity index (χ4v) is 1.80. The first-order valence-electron chi connectivity index (χ1n) is 4.59. The van der Waals surface area contributed by atoms with Crippen molar-refractivity contribution >= 4 is 27.5 Å². The van der Waals surface area contributed by atoms with Gasteiger partial charge in [0.15, 0.2) is 4.73 Å². The van der Waals surface area contributed by atoms with Crippen molar-refractivity contribution in [3.8, 4) is 11.3 Å². The van der Waals surface area contributed by atoms with Crippen LogP contribution in [0.4, 0.5) is 0 Å². The van der Waals surface area contributed by atoms with Crippen LogP contribution in [0.5, 0.6) is 0 Å². The smallest absolute Gasteiger partial charge is 0.197 e. The summed E-state index contributed by atoms with van der Waals surface area (Å²) >= 11 is 9.21. The summed E-state index contributed by atoms with van der Waals surface area (Å²) in [5.74, 6) is 0. The molecule has 0 spiro atoms. The maximum atomic E-state index is 8.94. The summed E-state index contributed by atoms with van der Waals surface area (Å²) in [5.41, 5.74) is 2.42. The van der Waals surface area contributed by atoms with Crippen molar-refractivity contribution in [1.29, 1.82) is 0 Å².